The highest BCUT2D eigenvalue weighted by molar-refractivity contribution is 7.98. The molecule has 0 spiro atoms. The number of rotatable bonds is 6. The van der Waals surface area contributed by atoms with E-state index in [-0.39, 0.29) is 0 Å². The summed E-state index contributed by atoms with van der Waals surface area (Å²) in [6, 6.07) is 0. The third kappa shape index (κ3) is 3.96. The van der Waals surface area contributed by atoms with Crippen molar-refractivity contribution in [3.8, 4) is 0 Å². The van der Waals surface area contributed by atoms with Crippen molar-refractivity contribution in [2.24, 2.45) is 7.05 Å². The number of Topliss-reactive ketones (excluding diaryl/α,β-unsaturated/α-hetero) is 1. The molecule has 0 amide bonds. The van der Waals surface area contributed by atoms with Crippen LogP contribution in [-0.4, -0.2) is 27.6 Å². The van der Waals surface area contributed by atoms with Crippen LogP contribution in [0.15, 0.2) is 12.4 Å². The Balaban J connectivity index is 2.23. The molecule has 0 aliphatic heterocycles. The number of hydrogen-bond acceptors (Lipinski definition) is 3. The molecule has 1 aromatic heterocycles. The summed E-state index contributed by atoms with van der Waals surface area (Å²) in [6.45, 7) is 0. The van der Waals surface area contributed by atoms with Crippen LogP contribution in [0.5, 0.6) is 0 Å². The molecule has 3 nitrogen and oxygen atoms in total. The Kier molecular flexibility index (Phi) is 4.73. The van der Waals surface area contributed by atoms with Gasteiger partial charge in [-0.1, -0.05) is 0 Å². The molecule has 0 fully saturated rings. The van der Waals surface area contributed by atoms with E-state index >= 15 is 0 Å². The van der Waals surface area contributed by atoms with Gasteiger partial charge in [0.1, 0.15) is 5.78 Å². The molecule has 1 aromatic rings. The second-order valence-corrected chi connectivity index (χ2v) is 4.29. The van der Waals surface area contributed by atoms with Crippen molar-refractivity contribution in [1.82, 2.24) is 9.78 Å². The number of aryl methyl sites for hydroxylation is 2. The quantitative estimate of drug-likeness (QED) is 0.719. The summed E-state index contributed by atoms with van der Waals surface area (Å²) in [4.78, 5) is 11.3. The zero-order valence-corrected chi connectivity index (χ0v) is 9.51. The van der Waals surface area contributed by atoms with Crippen LogP contribution in [0.4, 0.5) is 0 Å². The van der Waals surface area contributed by atoms with E-state index in [4.69, 9.17) is 0 Å². The Bertz CT molecular complexity index is 296. The number of nitrogens with zero attached hydrogens (tertiary/aromatic N) is 2. The summed E-state index contributed by atoms with van der Waals surface area (Å²) in [5.41, 5.74) is 1.14. The van der Waals surface area contributed by atoms with Gasteiger partial charge < -0.3 is 0 Å². The SMILES string of the molecule is CSCCC(=O)CCc1cnn(C)c1. The molecule has 78 valence electrons. The molecular weight excluding hydrogens is 196 g/mol. The molecular formula is C10H16N2OS. The van der Waals surface area contributed by atoms with Crippen molar-refractivity contribution < 1.29 is 4.79 Å². The highest BCUT2D eigenvalue weighted by Crippen LogP contribution is 2.04. The number of aromatic nitrogens is 2. The van der Waals surface area contributed by atoms with E-state index in [1.807, 2.05) is 25.7 Å². The minimum absolute atomic E-state index is 0.350. The molecule has 0 unspecified atom stereocenters. The molecule has 4 heteroatoms. The Morgan fingerprint density at radius 2 is 2.36 bits per heavy atom. The van der Waals surface area contributed by atoms with Gasteiger partial charge >= 0.3 is 0 Å². The Hall–Kier alpha value is -0.770. The van der Waals surface area contributed by atoms with Crippen LogP contribution in [0.1, 0.15) is 18.4 Å². The van der Waals surface area contributed by atoms with E-state index in [1.165, 1.54) is 0 Å². The molecule has 1 rings (SSSR count). The van der Waals surface area contributed by atoms with E-state index in [0.29, 0.717) is 18.6 Å². The zero-order valence-electron chi connectivity index (χ0n) is 8.69. The largest absolute Gasteiger partial charge is 0.300 e. The van der Waals surface area contributed by atoms with E-state index in [2.05, 4.69) is 5.10 Å². The van der Waals surface area contributed by atoms with Crippen LogP contribution in [-0.2, 0) is 18.3 Å². The number of carbonyl (C=O) groups excluding carboxylic acids is 1. The summed E-state index contributed by atoms with van der Waals surface area (Å²) < 4.78 is 1.77. The van der Waals surface area contributed by atoms with Crippen molar-refractivity contribution in [3.63, 3.8) is 0 Å². The third-order valence-electron chi connectivity index (χ3n) is 2.04. The van der Waals surface area contributed by atoms with Gasteiger partial charge in [-0.05, 0) is 24.0 Å². The fourth-order valence-electron chi connectivity index (χ4n) is 1.23. The highest BCUT2D eigenvalue weighted by Gasteiger charge is 2.03. The minimum atomic E-state index is 0.350. The van der Waals surface area contributed by atoms with Crippen LogP contribution in [0.3, 0.4) is 0 Å². The van der Waals surface area contributed by atoms with Crippen LogP contribution in [0.25, 0.3) is 0 Å². The van der Waals surface area contributed by atoms with E-state index < -0.39 is 0 Å². The molecule has 1 heterocycles. The molecule has 0 bridgehead atoms. The maximum absolute atomic E-state index is 11.3. The second kappa shape index (κ2) is 5.86. The number of thioether (sulfide) groups is 1. The average Bonchev–Trinajstić information content (AvgIpc) is 2.58. The first-order valence-electron chi connectivity index (χ1n) is 4.70. The lowest BCUT2D eigenvalue weighted by Gasteiger charge is -1.97. The fraction of sp³-hybridized carbons (Fsp3) is 0.600. The summed E-state index contributed by atoms with van der Waals surface area (Å²) in [5, 5.41) is 4.06. The molecule has 14 heavy (non-hydrogen) atoms. The van der Waals surface area contributed by atoms with Gasteiger partial charge in [-0.15, -0.1) is 0 Å². The molecule has 0 saturated heterocycles. The topological polar surface area (TPSA) is 34.9 Å². The Morgan fingerprint density at radius 3 is 2.93 bits per heavy atom. The maximum Gasteiger partial charge on any atom is 0.134 e. The predicted molar refractivity (Wildman–Crippen MR) is 59.5 cm³/mol. The van der Waals surface area contributed by atoms with Gasteiger partial charge in [-0.25, -0.2) is 0 Å². The average molecular weight is 212 g/mol. The van der Waals surface area contributed by atoms with Gasteiger partial charge in [0.25, 0.3) is 0 Å². The first kappa shape index (κ1) is 11.3. The summed E-state index contributed by atoms with van der Waals surface area (Å²) >= 11 is 1.72. The third-order valence-corrected chi connectivity index (χ3v) is 2.65. The first-order chi connectivity index (χ1) is 6.72. The fourth-order valence-corrected chi connectivity index (χ4v) is 1.66. The molecule has 0 aromatic carbocycles. The van der Waals surface area contributed by atoms with E-state index in [0.717, 1.165) is 17.7 Å². The molecule has 0 atom stereocenters. The van der Waals surface area contributed by atoms with Gasteiger partial charge in [-0.2, -0.15) is 16.9 Å². The molecule has 0 saturated carbocycles. The van der Waals surface area contributed by atoms with E-state index in [1.54, 1.807) is 16.4 Å². The van der Waals surface area contributed by atoms with Gasteiger partial charge in [-0.3, -0.25) is 9.48 Å². The number of carbonyl (C=O) groups is 1. The van der Waals surface area contributed by atoms with Gasteiger partial charge in [0, 0.05) is 26.1 Å². The maximum atomic E-state index is 11.3. The van der Waals surface area contributed by atoms with Crippen LogP contribution in [0, 0.1) is 0 Å². The molecule has 0 aliphatic carbocycles. The van der Waals surface area contributed by atoms with Gasteiger partial charge in [0.15, 0.2) is 0 Å². The predicted octanol–water partition coefficient (Wildman–Crippen LogP) is 1.67. The summed E-state index contributed by atoms with van der Waals surface area (Å²) in [5.74, 6) is 1.29. The van der Waals surface area contributed by atoms with Crippen LogP contribution < -0.4 is 0 Å². The Labute approximate surface area is 88.9 Å². The molecule has 0 radical (unpaired) electrons. The second-order valence-electron chi connectivity index (χ2n) is 3.30. The molecule has 0 aliphatic rings. The Morgan fingerprint density at radius 1 is 1.57 bits per heavy atom. The standard InChI is InChI=1S/C10H16N2OS/c1-12-8-9(7-11-12)3-4-10(13)5-6-14-2/h7-8H,3-6H2,1-2H3. The smallest absolute Gasteiger partial charge is 0.134 e. The van der Waals surface area contributed by atoms with Crippen LogP contribution >= 0.6 is 11.8 Å². The van der Waals surface area contributed by atoms with Crippen molar-refractivity contribution >= 4 is 17.5 Å². The zero-order chi connectivity index (χ0) is 10.4. The van der Waals surface area contributed by atoms with E-state index in [9.17, 15) is 4.79 Å². The lowest BCUT2D eigenvalue weighted by molar-refractivity contribution is -0.118. The van der Waals surface area contributed by atoms with Crippen molar-refractivity contribution in [2.75, 3.05) is 12.0 Å². The molecule has 0 N–H and O–H groups in total. The number of hydrogen-bond donors (Lipinski definition) is 0. The summed E-state index contributed by atoms with van der Waals surface area (Å²) in [7, 11) is 1.89. The van der Waals surface area contributed by atoms with Gasteiger partial charge in [0.2, 0.25) is 0 Å². The normalized spacial score (nSPS) is 10.4. The lowest BCUT2D eigenvalue weighted by Crippen LogP contribution is -2.01. The highest BCUT2D eigenvalue weighted by atomic mass is 32.2. The monoisotopic (exact) mass is 212 g/mol. The summed E-state index contributed by atoms with van der Waals surface area (Å²) in [6.07, 6.45) is 7.97. The minimum Gasteiger partial charge on any atom is -0.300 e. The van der Waals surface area contributed by atoms with Crippen molar-refractivity contribution in [2.45, 2.75) is 19.3 Å². The van der Waals surface area contributed by atoms with Crippen molar-refractivity contribution in [3.05, 3.63) is 18.0 Å². The van der Waals surface area contributed by atoms with Crippen molar-refractivity contribution in [1.29, 1.82) is 0 Å². The first-order valence-corrected chi connectivity index (χ1v) is 6.10. The van der Waals surface area contributed by atoms with Crippen LogP contribution in [0.2, 0.25) is 0 Å². The number of ketones is 1. The lowest BCUT2D eigenvalue weighted by atomic mass is 10.1. The van der Waals surface area contributed by atoms with Gasteiger partial charge in [0.05, 0.1) is 6.20 Å².